The molecule has 1 nitrogen and oxygen atoms in total. The smallest absolute Gasteiger partial charge is 0.00984 e. The van der Waals surface area contributed by atoms with Gasteiger partial charge in [0.2, 0.25) is 0 Å². The van der Waals surface area contributed by atoms with Crippen LogP contribution in [0.15, 0.2) is 0 Å². The van der Waals surface area contributed by atoms with Crippen LogP contribution in [0.1, 0.15) is 25.7 Å². The predicted molar refractivity (Wildman–Crippen MR) is 38.1 cm³/mol. The van der Waals surface area contributed by atoms with E-state index in [-0.39, 0.29) is 0 Å². The van der Waals surface area contributed by atoms with Crippen molar-refractivity contribution >= 4 is 0 Å². The second-order valence-corrected chi connectivity index (χ2v) is 3.31. The van der Waals surface area contributed by atoms with Crippen molar-refractivity contribution in [1.29, 1.82) is 0 Å². The summed E-state index contributed by atoms with van der Waals surface area (Å²) in [5.41, 5.74) is 0. The van der Waals surface area contributed by atoms with Crippen molar-refractivity contribution < 1.29 is 0 Å². The van der Waals surface area contributed by atoms with Crippen LogP contribution in [0.4, 0.5) is 0 Å². The number of hydrogen-bond acceptors (Lipinski definition) is 1. The Balaban J connectivity index is 2.10. The Morgan fingerprint density at radius 2 is 1.78 bits per heavy atom. The van der Waals surface area contributed by atoms with Gasteiger partial charge in [-0.15, -0.1) is 0 Å². The van der Waals surface area contributed by atoms with Gasteiger partial charge in [-0.1, -0.05) is 0 Å². The zero-order valence-corrected chi connectivity index (χ0v) is 6.01. The molecule has 0 aromatic heterocycles. The summed E-state index contributed by atoms with van der Waals surface area (Å²) in [5, 5.41) is 0. The molecule has 1 radical (unpaired) electrons. The SMILES string of the molecule is CN1C2C[CH]CC1CC2. The fraction of sp³-hybridized carbons (Fsp3) is 0.875. The Hall–Kier alpha value is -0.0400. The average Bonchev–Trinajstić information content (AvgIpc) is 2.19. The zero-order chi connectivity index (χ0) is 6.27. The molecule has 2 saturated heterocycles. The van der Waals surface area contributed by atoms with E-state index in [0.717, 1.165) is 12.1 Å². The van der Waals surface area contributed by atoms with E-state index in [0.29, 0.717) is 0 Å². The highest BCUT2D eigenvalue weighted by atomic mass is 15.2. The van der Waals surface area contributed by atoms with Gasteiger partial charge in [-0.25, -0.2) is 0 Å². The van der Waals surface area contributed by atoms with Gasteiger partial charge in [-0.05, 0) is 39.2 Å². The molecule has 0 spiro atoms. The van der Waals surface area contributed by atoms with Crippen LogP contribution in [0.5, 0.6) is 0 Å². The van der Waals surface area contributed by atoms with Gasteiger partial charge in [-0.3, -0.25) is 0 Å². The van der Waals surface area contributed by atoms with E-state index in [2.05, 4.69) is 18.4 Å². The molecule has 2 aliphatic rings. The lowest BCUT2D eigenvalue weighted by molar-refractivity contribution is 0.207. The Morgan fingerprint density at radius 1 is 1.22 bits per heavy atom. The minimum atomic E-state index is 0.906. The van der Waals surface area contributed by atoms with E-state index >= 15 is 0 Å². The molecule has 2 aliphatic heterocycles. The average molecular weight is 124 g/mol. The van der Waals surface area contributed by atoms with Gasteiger partial charge >= 0.3 is 0 Å². The van der Waals surface area contributed by atoms with E-state index in [1.165, 1.54) is 25.7 Å². The summed E-state index contributed by atoms with van der Waals surface area (Å²) < 4.78 is 0. The Bertz CT molecular complexity index is 95.1. The van der Waals surface area contributed by atoms with Gasteiger partial charge in [-0.2, -0.15) is 0 Å². The molecule has 0 aliphatic carbocycles. The topological polar surface area (TPSA) is 3.24 Å². The molecule has 0 saturated carbocycles. The second-order valence-electron chi connectivity index (χ2n) is 3.31. The monoisotopic (exact) mass is 124 g/mol. The third-order valence-electron chi connectivity index (χ3n) is 2.86. The van der Waals surface area contributed by atoms with Crippen molar-refractivity contribution in [2.75, 3.05) is 7.05 Å². The number of piperidine rings is 1. The van der Waals surface area contributed by atoms with Gasteiger partial charge in [0.05, 0.1) is 0 Å². The van der Waals surface area contributed by atoms with E-state index in [1.54, 1.807) is 0 Å². The van der Waals surface area contributed by atoms with Gasteiger partial charge in [0, 0.05) is 12.1 Å². The summed E-state index contributed by atoms with van der Waals surface area (Å²) >= 11 is 0. The zero-order valence-electron chi connectivity index (χ0n) is 6.01. The van der Waals surface area contributed by atoms with Crippen LogP contribution in [-0.4, -0.2) is 24.0 Å². The molecule has 51 valence electrons. The van der Waals surface area contributed by atoms with Crippen LogP contribution in [-0.2, 0) is 0 Å². The summed E-state index contributed by atoms with van der Waals surface area (Å²) in [5.74, 6) is 0. The molecule has 9 heavy (non-hydrogen) atoms. The molecule has 0 amide bonds. The van der Waals surface area contributed by atoms with Crippen LogP contribution in [0.2, 0.25) is 0 Å². The summed E-state index contributed by atoms with van der Waals surface area (Å²) in [6, 6.07) is 1.81. The maximum absolute atomic E-state index is 2.56. The highest BCUT2D eigenvalue weighted by Crippen LogP contribution is 2.32. The molecular formula is C8H14N. The fourth-order valence-electron chi connectivity index (χ4n) is 2.14. The predicted octanol–water partition coefficient (Wildman–Crippen LogP) is 1.45. The Morgan fingerprint density at radius 3 is 2.22 bits per heavy atom. The van der Waals surface area contributed by atoms with Crippen molar-refractivity contribution in [2.24, 2.45) is 0 Å². The van der Waals surface area contributed by atoms with Crippen LogP contribution in [0.3, 0.4) is 0 Å². The fourth-order valence-corrected chi connectivity index (χ4v) is 2.14. The highest BCUT2D eigenvalue weighted by Gasteiger charge is 2.33. The normalized spacial score (nSPS) is 43.7. The van der Waals surface area contributed by atoms with Crippen LogP contribution in [0, 0.1) is 6.42 Å². The minimum absolute atomic E-state index is 0.906. The van der Waals surface area contributed by atoms with Crippen molar-refractivity contribution in [2.45, 2.75) is 37.8 Å². The van der Waals surface area contributed by atoms with Crippen molar-refractivity contribution in [3.8, 4) is 0 Å². The van der Waals surface area contributed by atoms with Gasteiger partial charge in [0.1, 0.15) is 0 Å². The lowest BCUT2D eigenvalue weighted by atomic mass is 10.0. The van der Waals surface area contributed by atoms with Gasteiger partial charge in [0.15, 0.2) is 0 Å². The molecule has 2 heterocycles. The molecule has 2 atom stereocenters. The molecule has 2 unspecified atom stereocenters. The van der Waals surface area contributed by atoms with Gasteiger partial charge < -0.3 is 4.90 Å². The third-order valence-corrected chi connectivity index (χ3v) is 2.86. The third kappa shape index (κ3) is 0.787. The summed E-state index contributed by atoms with van der Waals surface area (Å²) in [6.07, 6.45) is 8.03. The van der Waals surface area contributed by atoms with Crippen LogP contribution < -0.4 is 0 Å². The van der Waals surface area contributed by atoms with Crippen molar-refractivity contribution in [3.63, 3.8) is 0 Å². The standard InChI is InChI=1S/C8H14N/c1-9-7-3-2-4-8(9)6-5-7/h2,7-8H,3-6H2,1H3. The summed E-state index contributed by atoms with van der Waals surface area (Å²) in [7, 11) is 2.27. The Labute approximate surface area is 57.0 Å². The van der Waals surface area contributed by atoms with Crippen molar-refractivity contribution in [1.82, 2.24) is 4.90 Å². The quantitative estimate of drug-likeness (QED) is 0.472. The molecule has 0 N–H and O–H groups in total. The first-order chi connectivity index (χ1) is 4.38. The molecule has 2 fully saturated rings. The number of rotatable bonds is 0. The summed E-state index contributed by atoms with van der Waals surface area (Å²) in [6.45, 7) is 0. The maximum atomic E-state index is 2.56. The van der Waals surface area contributed by atoms with E-state index in [9.17, 15) is 0 Å². The van der Waals surface area contributed by atoms with Crippen LogP contribution in [0.25, 0.3) is 0 Å². The summed E-state index contributed by atoms with van der Waals surface area (Å²) in [4.78, 5) is 2.56. The lowest BCUT2D eigenvalue weighted by Crippen LogP contribution is -2.36. The molecule has 2 rings (SSSR count). The van der Waals surface area contributed by atoms with Gasteiger partial charge in [0.25, 0.3) is 0 Å². The van der Waals surface area contributed by atoms with E-state index < -0.39 is 0 Å². The first-order valence-corrected chi connectivity index (χ1v) is 3.91. The lowest BCUT2D eigenvalue weighted by Gasteiger charge is -2.30. The first-order valence-electron chi connectivity index (χ1n) is 3.91. The second kappa shape index (κ2) is 1.98. The number of nitrogens with zero attached hydrogens (tertiary/aromatic N) is 1. The number of fused-ring (bicyclic) bond motifs is 2. The molecule has 0 aromatic rings. The molecule has 2 bridgehead atoms. The highest BCUT2D eigenvalue weighted by molar-refractivity contribution is 4.96. The molecule has 1 heteroatoms. The molecular weight excluding hydrogens is 110 g/mol. The first kappa shape index (κ1) is 5.72. The number of hydrogen-bond donors (Lipinski definition) is 0. The Kier molecular flexibility index (Phi) is 1.26. The molecule has 0 aromatic carbocycles. The van der Waals surface area contributed by atoms with E-state index in [4.69, 9.17) is 0 Å². The maximum Gasteiger partial charge on any atom is 0.00984 e. The van der Waals surface area contributed by atoms with Crippen LogP contribution >= 0.6 is 0 Å². The minimum Gasteiger partial charge on any atom is -0.300 e. The largest absolute Gasteiger partial charge is 0.300 e. The van der Waals surface area contributed by atoms with E-state index in [1.807, 2.05) is 0 Å². The van der Waals surface area contributed by atoms with Crippen molar-refractivity contribution in [3.05, 3.63) is 6.42 Å².